The van der Waals surface area contributed by atoms with Crippen molar-refractivity contribution in [3.63, 3.8) is 0 Å². The third-order valence-electron chi connectivity index (χ3n) is 7.85. The largest absolute Gasteiger partial charge is 0.493 e. The van der Waals surface area contributed by atoms with Crippen LogP contribution in [0.1, 0.15) is 36.5 Å². The molecule has 5 aromatic rings. The van der Waals surface area contributed by atoms with E-state index in [-0.39, 0.29) is 36.8 Å². The van der Waals surface area contributed by atoms with Crippen LogP contribution >= 0.6 is 0 Å². The van der Waals surface area contributed by atoms with Gasteiger partial charge in [0.1, 0.15) is 18.0 Å². The monoisotopic (exact) mass is 671 g/mol. The molecular formula is C32H40F3N7O4Si. The number of ether oxygens (including phenoxy) is 2. The molecule has 4 aromatic heterocycles. The molecular weight excluding hydrogens is 631 g/mol. The summed E-state index contributed by atoms with van der Waals surface area (Å²) >= 11 is 0. The van der Waals surface area contributed by atoms with Crippen molar-refractivity contribution in [1.29, 1.82) is 0 Å². The Bertz CT molecular complexity index is 1930. The summed E-state index contributed by atoms with van der Waals surface area (Å²) in [4.78, 5) is 21.6. The number of alkyl halides is 3. The van der Waals surface area contributed by atoms with Crippen molar-refractivity contribution in [2.75, 3.05) is 13.7 Å². The van der Waals surface area contributed by atoms with Crippen molar-refractivity contribution < 1.29 is 27.8 Å². The molecule has 47 heavy (non-hydrogen) atoms. The molecule has 0 fully saturated rings. The quantitative estimate of drug-likeness (QED) is 0.139. The Kier molecular flexibility index (Phi) is 9.27. The summed E-state index contributed by atoms with van der Waals surface area (Å²) in [5.41, 5.74) is -0.181. The van der Waals surface area contributed by atoms with Crippen molar-refractivity contribution >= 4 is 19.0 Å². The highest BCUT2D eigenvalue weighted by atomic mass is 28.3. The predicted molar refractivity (Wildman–Crippen MR) is 174 cm³/mol. The summed E-state index contributed by atoms with van der Waals surface area (Å²) in [5.74, 6) is 0.687. The molecule has 11 nitrogen and oxygen atoms in total. The van der Waals surface area contributed by atoms with Crippen LogP contribution in [0.5, 0.6) is 5.75 Å². The number of fused-ring (bicyclic) bond motifs is 1. The minimum absolute atomic E-state index is 0.0126. The molecule has 5 rings (SSSR count). The smallest absolute Gasteiger partial charge is 0.418 e. The maximum Gasteiger partial charge on any atom is 0.418 e. The van der Waals surface area contributed by atoms with E-state index < -0.39 is 25.4 Å². The highest BCUT2D eigenvalue weighted by Gasteiger charge is 2.35. The van der Waals surface area contributed by atoms with E-state index in [0.29, 0.717) is 40.1 Å². The Balaban J connectivity index is 1.45. The number of hydrogen-bond donors (Lipinski definition) is 1. The summed E-state index contributed by atoms with van der Waals surface area (Å²) < 4.78 is 60.1. The third kappa shape index (κ3) is 7.68. The first kappa shape index (κ1) is 34.1. The molecule has 1 aromatic carbocycles. The lowest BCUT2D eigenvalue weighted by atomic mass is 10.1. The van der Waals surface area contributed by atoms with Gasteiger partial charge in [-0.05, 0) is 37.6 Å². The molecule has 0 atom stereocenters. The lowest BCUT2D eigenvalue weighted by Crippen LogP contribution is -2.22. The van der Waals surface area contributed by atoms with Crippen molar-refractivity contribution in [3.05, 3.63) is 82.2 Å². The van der Waals surface area contributed by atoms with Crippen LogP contribution in [-0.2, 0) is 43.4 Å². The van der Waals surface area contributed by atoms with Gasteiger partial charge in [-0.3, -0.25) is 14.2 Å². The van der Waals surface area contributed by atoms with Crippen LogP contribution in [0.2, 0.25) is 25.7 Å². The molecule has 0 bridgehead atoms. The number of halogens is 3. The first-order valence-electron chi connectivity index (χ1n) is 15.1. The summed E-state index contributed by atoms with van der Waals surface area (Å²) in [6.45, 7) is 10.6. The third-order valence-corrected chi connectivity index (χ3v) is 9.56. The van der Waals surface area contributed by atoms with E-state index >= 15 is 0 Å². The SMILES string of the molecule is COc1cn(COCC[Si](C)(C)C)nc1Cn1cc(Cn2c3cc(-c4cnc(C(C)(C)O)nc4)ccc3c(=O)n2C)c(C(F)(F)F)c1. The van der Waals surface area contributed by atoms with Gasteiger partial charge in [0.2, 0.25) is 0 Å². The lowest BCUT2D eigenvalue weighted by molar-refractivity contribution is -0.138. The maximum atomic E-state index is 14.4. The van der Waals surface area contributed by atoms with Crippen molar-refractivity contribution in [3.8, 4) is 16.9 Å². The topological polar surface area (TPSA) is 114 Å². The van der Waals surface area contributed by atoms with E-state index in [9.17, 15) is 23.1 Å². The molecule has 0 aliphatic carbocycles. The zero-order valence-electron chi connectivity index (χ0n) is 27.6. The van der Waals surface area contributed by atoms with Gasteiger partial charge in [0.05, 0.1) is 42.9 Å². The Hall–Kier alpha value is -4.21. The Morgan fingerprint density at radius 2 is 1.70 bits per heavy atom. The standard InChI is InChI=1S/C32H40F3N7O4Si/c1-31(2,44)30-36-13-22(14-37-30)21-8-9-24-27(12-21)42(39(3)29(24)43)16-23-15-40(17-25(23)32(33,34)35)18-26-28(45-4)19-41(38-26)20-46-10-11-47(5,6)7/h8-9,12-15,17,19,44H,10-11,16,18,20H2,1-7H3. The van der Waals surface area contributed by atoms with Crippen LogP contribution in [0.15, 0.2) is 54.0 Å². The molecule has 0 radical (unpaired) electrons. The first-order chi connectivity index (χ1) is 21.9. The molecule has 4 heterocycles. The number of methoxy groups -OCH3 is 1. The van der Waals surface area contributed by atoms with Gasteiger partial charge in [0.25, 0.3) is 5.56 Å². The van der Waals surface area contributed by atoms with Gasteiger partial charge in [-0.15, -0.1) is 0 Å². The summed E-state index contributed by atoms with van der Waals surface area (Å²) in [7, 11) is 1.75. The van der Waals surface area contributed by atoms with Gasteiger partial charge in [-0.2, -0.15) is 18.3 Å². The summed E-state index contributed by atoms with van der Waals surface area (Å²) in [6.07, 6.45) is 2.63. The van der Waals surface area contributed by atoms with Crippen molar-refractivity contribution in [2.45, 2.75) is 71.1 Å². The van der Waals surface area contributed by atoms with Gasteiger partial charge < -0.3 is 19.1 Å². The van der Waals surface area contributed by atoms with Crippen molar-refractivity contribution in [1.82, 2.24) is 33.7 Å². The second kappa shape index (κ2) is 12.8. The van der Waals surface area contributed by atoms with Crippen LogP contribution in [0.4, 0.5) is 13.2 Å². The highest BCUT2D eigenvalue weighted by molar-refractivity contribution is 6.76. The van der Waals surface area contributed by atoms with Crippen LogP contribution in [0.3, 0.4) is 0 Å². The Morgan fingerprint density at radius 1 is 1.00 bits per heavy atom. The number of benzene rings is 1. The molecule has 0 aliphatic heterocycles. The number of nitrogens with zero attached hydrogens (tertiary/aromatic N) is 7. The van der Waals surface area contributed by atoms with Crippen LogP contribution in [-0.4, -0.2) is 60.6 Å². The molecule has 0 aliphatic rings. The van der Waals surface area contributed by atoms with Gasteiger partial charge in [0, 0.05) is 57.6 Å². The van der Waals surface area contributed by atoms with E-state index in [0.717, 1.165) is 12.2 Å². The lowest BCUT2D eigenvalue weighted by Gasteiger charge is -2.15. The molecule has 0 unspecified atom stereocenters. The Labute approximate surface area is 271 Å². The summed E-state index contributed by atoms with van der Waals surface area (Å²) in [6, 6.07) is 6.10. The fraction of sp³-hybridized carbons (Fsp3) is 0.438. The average Bonchev–Trinajstić information content (AvgIpc) is 3.65. The molecule has 0 amide bonds. The molecule has 0 saturated carbocycles. The normalized spacial score (nSPS) is 12.7. The molecule has 0 spiro atoms. The number of aliphatic hydroxyl groups is 1. The predicted octanol–water partition coefficient (Wildman–Crippen LogP) is 5.46. The number of aromatic nitrogens is 7. The molecule has 15 heteroatoms. The van der Waals surface area contributed by atoms with Crippen LogP contribution in [0, 0.1) is 0 Å². The van der Waals surface area contributed by atoms with E-state index in [1.807, 2.05) is 0 Å². The van der Waals surface area contributed by atoms with E-state index in [2.05, 4.69) is 34.7 Å². The maximum absolute atomic E-state index is 14.4. The zero-order valence-corrected chi connectivity index (χ0v) is 28.6. The Morgan fingerprint density at radius 3 is 2.32 bits per heavy atom. The van der Waals surface area contributed by atoms with Gasteiger partial charge in [-0.1, -0.05) is 25.7 Å². The van der Waals surface area contributed by atoms with Gasteiger partial charge in [0.15, 0.2) is 11.6 Å². The fourth-order valence-electron chi connectivity index (χ4n) is 5.22. The molecule has 0 saturated heterocycles. The van der Waals surface area contributed by atoms with E-state index in [4.69, 9.17) is 9.47 Å². The summed E-state index contributed by atoms with van der Waals surface area (Å²) in [5, 5.41) is 15.1. The van der Waals surface area contributed by atoms with Gasteiger partial charge in [-0.25, -0.2) is 14.6 Å². The fourth-order valence-corrected chi connectivity index (χ4v) is 5.98. The van der Waals surface area contributed by atoms with Crippen LogP contribution < -0.4 is 10.3 Å². The van der Waals surface area contributed by atoms with E-state index in [1.165, 1.54) is 34.3 Å². The van der Waals surface area contributed by atoms with Gasteiger partial charge >= 0.3 is 6.18 Å². The average molecular weight is 672 g/mol. The van der Waals surface area contributed by atoms with E-state index in [1.54, 1.807) is 55.3 Å². The number of hydrogen-bond acceptors (Lipinski definition) is 7. The minimum atomic E-state index is -4.64. The van der Waals surface area contributed by atoms with Crippen LogP contribution in [0.25, 0.3) is 22.0 Å². The zero-order chi connectivity index (χ0) is 34.3. The minimum Gasteiger partial charge on any atom is -0.493 e. The second-order valence-corrected chi connectivity index (χ2v) is 19.0. The second-order valence-electron chi connectivity index (χ2n) is 13.4. The molecule has 1 N–H and O–H groups in total. The molecule has 252 valence electrons. The van der Waals surface area contributed by atoms with Crippen molar-refractivity contribution in [2.24, 2.45) is 7.05 Å². The highest BCUT2D eigenvalue weighted by Crippen LogP contribution is 2.34. The first-order valence-corrected chi connectivity index (χ1v) is 18.8. The number of rotatable bonds is 12.